The van der Waals surface area contributed by atoms with Gasteiger partial charge in [-0.1, -0.05) is 42.5 Å². The fourth-order valence-electron chi connectivity index (χ4n) is 4.51. The molecule has 0 radical (unpaired) electrons. The average molecular weight is 453 g/mol. The molecule has 3 atom stereocenters. The van der Waals surface area contributed by atoms with Crippen molar-refractivity contribution >= 4 is 17.7 Å². The molecule has 0 spiro atoms. The number of nitrogens with zero attached hydrogens (tertiary/aromatic N) is 2. The van der Waals surface area contributed by atoms with Crippen molar-refractivity contribution in [1.82, 2.24) is 4.90 Å². The number of carbonyl (C=O) groups excluding carboxylic acids is 2. The van der Waals surface area contributed by atoms with E-state index in [1.54, 1.807) is 51.1 Å². The van der Waals surface area contributed by atoms with E-state index in [0.29, 0.717) is 24.1 Å². The number of hydrogen-bond donors (Lipinski definition) is 1. The van der Waals surface area contributed by atoms with E-state index in [4.69, 9.17) is 4.74 Å². The first kappa shape index (κ1) is 23.1. The van der Waals surface area contributed by atoms with Crippen LogP contribution in [0.25, 0.3) is 11.1 Å². The van der Waals surface area contributed by atoms with Gasteiger partial charge in [0.05, 0.1) is 24.1 Å². The number of aliphatic hydroxyl groups is 1. The molecule has 0 aliphatic carbocycles. The molecule has 0 aromatic heterocycles. The second-order valence-electron chi connectivity index (χ2n) is 10.0. The Morgan fingerprint density at radius 1 is 1.18 bits per heavy atom. The lowest BCUT2D eigenvalue weighted by Crippen LogP contribution is -2.43. The van der Waals surface area contributed by atoms with Crippen molar-refractivity contribution in [3.05, 3.63) is 59.9 Å². The van der Waals surface area contributed by atoms with Crippen molar-refractivity contribution in [2.24, 2.45) is 4.99 Å². The third kappa shape index (κ3) is 4.55. The van der Waals surface area contributed by atoms with Crippen molar-refractivity contribution in [3.8, 4) is 11.1 Å². The number of hydrogen-bond acceptors (Lipinski definition) is 4. The zero-order valence-electron chi connectivity index (χ0n) is 19.3. The van der Waals surface area contributed by atoms with Gasteiger partial charge in [0.2, 0.25) is 0 Å². The van der Waals surface area contributed by atoms with Crippen LogP contribution >= 0.6 is 0 Å². The second kappa shape index (κ2) is 8.37. The number of likely N-dealkylation sites (tertiary alicyclic amines) is 1. The van der Waals surface area contributed by atoms with Crippen LogP contribution in [0.2, 0.25) is 0 Å². The Hall–Kier alpha value is -3.06. The standard InChI is InChI=1S/C26H29FN2O4/c1-25(2,3)33-24(32)29-15-18(30)13-22(29)21-14-26(4,23(31)28-21)17-11-9-16(10-12-17)19-7-5-6-8-20(19)27/h5-12,18,22,30H,13-15H2,1-4H3/t18-,22?,26+/m1/s1. The molecule has 0 saturated carbocycles. The van der Waals surface area contributed by atoms with Gasteiger partial charge in [-0.2, -0.15) is 0 Å². The molecule has 174 valence electrons. The molecule has 2 heterocycles. The maximum absolute atomic E-state index is 14.1. The molecule has 2 aliphatic rings. The Bertz CT molecular complexity index is 1110. The lowest BCUT2D eigenvalue weighted by atomic mass is 9.78. The van der Waals surface area contributed by atoms with Crippen molar-refractivity contribution in [1.29, 1.82) is 0 Å². The summed E-state index contributed by atoms with van der Waals surface area (Å²) in [5.41, 5.74) is 1.00. The average Bonchev–Trinajstić information content (AvgIpc) is 3.28. The predicted molar refractivity (Wildman–Crippen MR) is 124 cm³/mol. The number of aliphatic hydroxyl groups excluding tert-OH is 1. The minimum atomic E-state index is -0.893. The van der Waals surface area contributed by atoms with Gasteiger partial charge in [-0.3, -0.25) is 9.69 Å². The molecule has 7 heteroatoms. The van der Waals surface area contributed by atoms with Crippen molar-refractivity contribution in [3.63, 3.8) is 0 Å². The fraction of sp³-hybridized carbons (Fsp3) is 0.423. The summed E-state index contributed by atoms with van der Waals surface area (Å²) in [4.78, 5) is 31.5. The van der Waals surface area contributed by atoms with Gasteiger partial charge < -0.3 is 9.84 Å². The van der Waals surface area contributed by atoms with E-state index >= 15 is 0 Å². The minimum Gasteiger partial charge on any atom is -0.444 e. The van der Waals surface area contributed by atoms with Gasteiger partial charge in [-0.05, 0) is 44.9 Å². The van der Waals surface area contributed by atoms with Crippen molar-refractivity contribution in [2.75, 3.05) is 6.54 Å². The summed E-state index contributed by atoms with van der Waals surface area (Å²) in [6, 6.07) is 13.3. The fourth-order valence-corrected chi connectivity index (χ4v) is 4.51. The largest absolute Gasteiger partial charge is 0.444 e. The Labute approximate surface area is 193 Å². The van der Waals surface area contributed by atoms with Gasteiger partial charge in [-0.25, -0.2) is 14.2 Å². The number of carbonyl (C=O) groups is 2. The maximum Gasteiger partial charge on any atom is 0.410 e. The number of amides is 2. The number of β-amino-alcohol motifs (C(OH)–C–C–N with tert-alkyl or cyclic N) is 1. The first-order valence-corrected chi connectivity index (χ1v) is 11.1. The van der Waals surface area contributed by atoms with E-state index in [2.05, 4.69) is 4.99 Å². The number of rotatable bonds is 3. The molecule has 1 unspecified atom stereocenters. The van der Waals surface area contributed by atoms with E-state index in [9.17, 15) is 19.1 Å². The molecule has 2 aromatic rings. The molecular weight excluding hydrogens is 423 g/mol. The molecule has 0 bridgehead atoms. The van der Waals surface area contributed by atoms with Crippen LogP contribution in [0.15, 0.2) is 53.5 Å². The van der Waals surface area contributed by atoms with Gasteiger partial charge in [0.15, 0.2) is 0 Å². The topological polar surface area (TPSA) is 79.2 Å². The van der Waals surface area contributed by atoms with Crippen LogP contribution in [0, 0.1) is 5.82 Å². The molecule has 2 aliphatic heterocycles. The third-order valence-corrected chi connectivity index (χ3v) is 6.25. The highest BCUT2D eigenvalue weighted by molar-refractivity contribution is 6.11. The molecule has 1 N–H and O–H groups in total. The quantitative estimate of drug-likeness (QED) is 0.744. The van der Waals surface area contributed by atoms with Crippen molar-refractivity contribution < 1.29 is 23.8 Å². The summed E-state index contributed by atoms with van der Waals surface area (Å²) in [7, 11) is 0. The second-order valence-corrected chi connectivity index (χ2v) is 10.0. The van der Waals surface area contributed by atoms with E-state index < -0.39 is 29.3 Å². The SMILES string of the molecule is CC(C)(C)OC(=O)N1C[C@H](O)CC1C1=NC(=O)[C@](C)(c2ccc(-c3ccccc3F)cc2)C1. The van der Waals surface area contributed by atoms with Gasteiger partial charge >= 0.3 is 6.09 Å². The molecule has 4 rings (SSSR count). The molecule has 33 heavy (non-hydrogen) atoms. The number of aliphatic imine (C=N–C) groups is 1. The normalized spacial score (nSPS) is 25.3. The Morgan fingerprint density at radius 3 is 2.48 bits per heavy atom. The van der Waals surface area contributed by atoms with E-state index in [1.807, 2.05) is 19.1 Å². The maximum atomic E-state index is 14.1. The number of ether oxygens (including phenoxy) is 1. The van der Waals surface area contributed by atoms with Crippen LogP contribution in [-0.4, -0.2) is 52.0 Å². The summed E-state index contributed by atoms with van der Waals surface area (Å²) in [6.45, 7) is 7.31. The highest BCUT2D eigenvalue weighted by Gasteiger charge is 2.48. The summed E-state index contributed by atoms with van der Waals surface area (Å²) >= 11 is 0. The van der Waals surface area contributed by atoms with Crippen LogP contribution in [0.1, 0.15) is 46.1 Å². The Kier molecular flexibility index (Phi) is 5.86. The van der Waals surface area contributed by atoms with E-state index in [0.717, 1.165) is 11.1 Å². The molecule has 6 nitrogen and oxygen atoms in total. The zero-order chi connectivity index (χ0) is 24.0. The van der Waals surface area contributed by atoms with Gasteiger partial charge in [0, 0.05) is 24.1 Å². The predicted octanol–water partition coefficient (Wildman–Crippen LogP) is 4.49. The first-order chi connectivity index (χ1) is 15.5. The molecular formula is C26H29FN2O4. The van der Waals surface area contributed by atoms with Gasteiger partial charge in [-0.15, -0.1) is 0 Å². The summed E-state index contributed by atoms with van der Waals surface area (Å²) in [5, 5.41) is 10.2. The Balaban J connectivity index is 1.56. The molecule has 1 saturated heterocycles. The van der Waals surface area contributed by atoms with Gasteiger partial charge in [0.25, 0.3) is 5.91 Å². The van der Waals surface area contributed by atoms with Crippen LogP contribution in [-0.2, 0) is 14.9 Å². The van der Waals surface area contributed by atoms with Crippen molar-refractivity contribution in [2.45, 2.75) is 63.7 Å². The number of benzene rings is 2. The zero-order valence-corrected chi connectivity index (χ0v) is 19.3. The first-order valence-electron chi connectivity index (χ1n) is 11.1. The minimum absolute atomic E-state index is 0.140. The molecule has 2 aromatic carbocycles. The summed E-state index contributed by atoms with van der Waals surface area (Å²) < 4.78 is 19.6. The smallest absolute Gasteiger partial charge is 0.410 e. The molecule has 1 fully saturated rings. The Morgan fingerprint density at radius 2 is 1.85 bits per heavy atom. The summed E-state index contributed by atoms with van der Waals surface area (Å²) in [5.74, 6) is -0.595. The van der Waals surface area contributed by atoms with E-state index in [-0.39, 0.29) is 18.3 Å². The lowest BCUT2D eigenvalue weighted by Gasteiger charge is -2.29. The van der Waals surface area contributed by atoms with Crippen LogP contribution < -0.4 is 0 Å². The monoisotopic (exact) mass is 452 g/mol. The lowest BCUT2D eigenvalue weighted by molar-refractivity contribution is -0.121. The van der Waals surface area contributed by atoms with Crippen LogP contribution in [0.4, 0.5) is 9.18 Å². The highest BCUT2D eigenvalue weighted by Crippen LogP contribution is 2.38. The van der Waals surface area contributed by atoms with Crippen LogP contribution in [0.3, 0.4) is 0 Å². The third-order valence-electron chi connectivity index (χ3n) is 6.25. The highest BCUT2D eigenvalue weighted by atomic mass is 19.1. The van der Waals surface area contributed by atoms with Crippen LogP contribution in [0.5, 0.6) is 0 Å². The van der Waals surface area contributed by atoms with Gasteiger partial charge in [0.1, 0.15) is 11.4 Å². The number of halogens is 1. The summed E-state index contributed by atoms with van der Waals surface area (Å²) in [6.07, 6.45) is -0.579. The van der Waals surface area contributed by atoms with E-state index in [1.165, 1.54) is 11.0 Å². The molecule has 2 amide bonds.